The van der Waals surface area contributed by atoms with Crippen LogP contribution in [0.25, 0.3) is 0 Å². The molecule has 0 bridgehead atoms. The predicted molar refractivity (Wildman–Crippen MR) is 77.6 cm³/mol. The molecule has 106 valence electrons. The summed E-state index contributed by atoms with van der Waals surface area (Å²) in [6, 6.07) is 5.86. The highest BCUT2D eigenvalue weighted by molar-refractivity contribution is 5.40. The highest BCUT2D eigenvalue weighted by Crippen LogP contribution is 2.37. The molecule has 0 radical (unpaired) electrons. The molecule has 2 rings (SSSR count). The Kier molecular flexibility index (Phi) is 4.35. The molecule has 19 heavy (non-hydrogen) atoms. The zero-order valence-electron chi connectivity index (χ0n) is 12.2. The van der Waals surface area contributed by atoms with Crippen molar-refractivity contribution >= 4 is 0 Å². The third-order valence-corrected chi connectivity index (χ3v) is 4.07. The summed E-state index contributed by atoms with van der Waals surface area (Å²) in [6.07, 6.45) is 4.99. The fourth-order valence-corrected chi connectivity index (χ4v) is 2.61. The molecule has 0 saturated heterocycles. The molecule has 3 heteroatoms. The second kappa shape index (κ2) is 5.83. The van der Waals surface area contributed by atoms with Gasteiger partial charge in [-0.2, -0.15) is 0 Å². The van der Waals surface area contributed by atoms with Gasteiger partial charge in [-0.25, -0.2) is 0 Å². The second-order valence-corrected chi connectivity index (χ2v) is 6.16. The van der Waals surface area contributed by atoms with Gasteiger partial charge in [0, 0.05) is 18.2 Å². The Morgan fingerprint density at radius 2 is 1.95 bits per heavy atom. The fourth-order valence-electron chi connectivity index (χ4n) is 2.61. The summed E-state index contributed by atoms with van der Waals surface area (Å²) >= 11 is 0. The Morgan fingerprint density at radius 3 is 2.53 bits per heavy atom. The number of nitrogens with two attached hydrogens (primary N) is 1. The Balaban J connectivity index is 2.06. The molecule has 1 aliphatic carbocycles. The predicted octanol–water partition coefficient (Wildman–Crippen LogP) is 3.50. The quantitative estimate of drug-likeness (QED) is 0.904. The molecule has 0 spiro atoms. The van der Waals surface area contributed by atoms with Crippen molar-refractivity contribution in [3.63, 3.8) is 0 Å². The van der Waals surface area contributed by atoms with Crippen LogP contribution in [0.3, 0.4) is 0 Å². The van der Waals surface area contributed by atoms with Crippen molar-refractivity contribution in [2.24, 2.45) is 11.1 Å². The Hall–Kier alpha value is -1.22. The van der Waals surface area contributed by atoms with Crippen LogP contribution >= 0.6 is 0 Å². The van der Waals surface area contributed by atoms with Crippen LogP contribution in [0.1, 0.15) is 45.1 Å². The van der Waals surface area contributed by atoms with E-state index in [1.54, 1.807) is 7.11 Å². The molecule has 1 fully saturated rings. The van der Waals surface area contributed by atoms with Gasteiger partial charge in [0.15, 0.2) is 0 Å². The van der Waals surface area contributed by atoms with Crippen molar-refractivity contribution in [2.45, 2.75) is 52.2 Å². The largest absolute Gasteiger partial charge is 0.497 e. The van der Waals surface area contributed by atoms with Crippen molar-refractivity contribution in [1.82, 2.24) is 0 Å². The summed E-state index contributed by atoms with van der Waals surface area (Å²) in [6.45, 7) is 5.16. The number of hydrogen-bond acceptors (Lipinski definition) is 3. The van der Waals surface area contributed by atoms with E-state index >= 15 is 0 Å². The number of rotatable bonds is 4. The van der Waals surface area contributed by atoms with Crippen LogP contribution in [0.5, 0.6) is 11.5 Å². The van der Waals surface area contributed by atoms with Gasteiger partial charge < -0.3 is 15.2 Å². The lowest BCUT2D eigenvalue weighted by molar-refractivity contribution is 0.0977. The van der Waals surface area contributed by atoms with E-state index in [-0.39, 0.29) is 0 Å². The molecule has 0 unspecified atom stereocenters. The molecule has 0 amide bonds. The summed E-state index contributed by atoms with van der Waals surface area (Å²) in [5.74, 6) is 1.70. The van der Waals surface area contributed by atoms with Gasteiger partial charge in [0.05, 0.1) is 13.2 Å². The zero-order valence-corrected chi connectivity index (χ0v) is 12.2. The van der Waals surface area contributed by atoms with Crippen LogP contribution in [0, 0.1) is 5.41 Å². The highest BCUT2D eigenvalue weighted by atomic mass is 16.5. The monoisotopic (exact) mass is 263 g/mol. The first-order chi connectivity index (χ1) is 9.04. The van der Waals surface area contributed by atoms with E-state index in [2.05, 4.69) is 13.8 Å². The molecular weight excluding hydrogens is 238 g/mol. The summed E-state index contributed by atoms with van der Waals surface area (Å²) in [7, 11) is 1.67. The van der Waals surface area contributed by atoms with E-state index in [9.17, 15) is 0 Å². The lowest BCUT2D eigenvalue weighted by Gasteiger charge is -2.34. The zero-order chi connectivity index (χ0) is 13.9. The van der Waals surface area contributed by atoms with Gasteiger partial charge in [-0.15, -0.1) is 0 Å². The normalized spacial score (nSPS) is 19.2. The molecule has 1 saturated carbocycles. The maximum absolute atomic E-state index is 6.15. The third kappa shape index (κ3) is 3.63. The Morgan fingerprint density at radius 1 is 1.26 bits per heavy atom. The summed E-state index contributed by atoms with van der Waals surface area (Å²) in [5, 5.41) is 0. The minimum atomic E-state index is 0.311. The van der Waals surface area contributed by atoms with Gasteiger partial charge in [-0.3, -0.25) is 0 Å². The first kappa shape index (κ1) is 14.2. The van der Waals surface area contributed by atoms with Crippen LogP contribution in [0.2, 0.25) is 0 Å². The summed E-state index contributed by atoms with van der Waals surface area (Å²) < 4.78 is 11.4. The first-order valence-electron chi connectivity index (χ1n) is 7.08. The molecule has 0 heterocycles. The molecular formula is C16H25NO2. The van der Waals surface area contributed by atoms with E-state index < -0.39 is 0 Å². The minimum Gasteiger partial charge on any atom is -0.497 e. The molecule has 0 atom stereocenters. The van der Waals surface area contributed by atoms with Crippen molar-refractivity contribution in [3.8, 4) is 11.5 Å². The number of methoxy groups -OCH3 is 1. The molecule has 3 nitrogen and oxygen atoms in total. The van der Waals surface area contributed by atoms with Gasteiger partial charge >= 0.3 is 0 Å². The Labute approximate surface area is 116 Å². The third-order valence-electron chi connectivity index (χ3n) is 4.07. The maximum Gasteiger partial charge on any atom is 0.127 e. The fraction of sp³-hybridized carbons (Fsp3) is 0.625. The van der Waals surface area contributed by atoms with E-state index in [0.29, 0.717) is 18.1 Å². The molecule has 2 N–H and O–H groups in total. The molecule has 1 aromatic rings. The number of hydrogen-bond donors (Lipinski definition) is 1. The maximum atomic E-state index is 6.15. The summed E-state index contributed by atoms with van der Waals surface area (Å²) in [4.78, 5) is 0. The van der Waals surface area contributed by atoms with Crippen LogP contribution in [0.4, 0.5) is 0 Å². The van der Waals surface area contributed by atoms with Gasteiger partial charge in [0.2, 0.25) is 0 Å². The van der Waals surface area contributed by atoms with Crippen LogP contribution in [-0.4, -0.2) is 13.2 Å². The molecule has 0 aliphatic heterocycles. The van der Waals surface area contributed by atoms with Crippen LogP contribution in [0.15, 0.2) is 18.2 Å². The molecule has 1 aromatic carbocycles. The lowest BCUT2D eigenvalue weighted by atomic mass is 9.76. The Bertz CT molecular complexity index is 419. The summed E-state index contributed by atoms with van der Waals surface area (Å²) in [5.41, 5.74) is 7.28. The van der Waals surface area contributed by atoms with Gasteiger partial charge in [0.1, 0.15) is 11.5 Å². The topological polar surface area (TPSA) is 44.5 Å². The van der Waals surface area contributed by atoms with E-state index in [1.165, 1.54) is 12.8 Å². The van der Waals surface area contributed by atoms with Gasteiger partial charge in [-0.05, 0) is 37.2 Å². The number of benzene rings is 1. The lowest BCUT2D eigenvalue weighted by Crippen LogP contribution is -2.28. The first-order valence-corrected chi connectivity index (χ1v) is 7.08. The molecule has 1 aliphatic rings. The standard InChI is InChI=1S/C16H25NO2/c1-16(2)8-6-13(7-9-16)19-15-10-14(18-3)5-4-12(15)11-17/h4-5,10,13H,6-9,11,17H2,1-3H3. The highest BCUT2D eigenvalue weighted by Gasteiger charge is 2.28. The van der Waals surface area contributed by atoms with Gasteiger partial charge in [0.25, 0.3) is 0 Å². The van der Waals surface area contributed by atoms with Gasteiger partial charge in [-0.1, -0.05) is 19.9 Å². The van der Waals surface area contributed by atoms with E-state index in [0.717, 1.165) is 29.9 Å². The SMILES string of the molecule is COc1ccc(CN)c(OC2CCC(C)(C)CC2)c1. The number of ether oxygens (including phenoxy) is 2. The average Bonchev–Trinajstić information content (AvgIpc) is 2.41. The van der Waals surface area contributed by atoms with E-state index in [1.807, 2.05) is 18.2 Å². The smallest absolute Gasteiger partial charge is 0.127 e. The van der Waals surface area contributed by atoms with Crippen LogP contribution < -0.4 is 15.2 Å². The van der Waals surface area contributed by atoms with Crippen molar-refractivity contribution in [1.29, 1.82) is 0 Å². The van der Waals surface area contributed by atoms with E-state index in [4.69, 9.17) is 15.2 Å². The second-order valence-electron chi connectivity index (χ2n) is 6.16. The van der Waals surface area contributed by atoms with Crippen molar-refractivity contribution in [2.75, 3.05) is 7.11 Å². The molecule has 0 aromatic heterocycles. The minimum absolute atomic E-state index is 0.311. The van der Waals surface area contributed by atoms with Crippen molar-refractivity contribution < 1.29 is 9.47 Å². The van der Waals surface area contributed by atoms with Crippen molar-refractivity contribution in [3.05, 3.63) is 23.8 Å². The average molecular weight is 263 g/mol. The van der Waals surface area contributed by atoms with Crippen LogP contribution in [-0.2, 0) is 6.54 Å².